The Bertz CT molecular complexity index is 465. The van der Waals surface area contributed by atoms with Gasteiger partial charge in [0, 0.05) is 11.3 Å². The van der Waals surface area contributed by atoms with Gasteiger partial charge in [-0.05, 0) is 11.8 Å². The van der Waals surface area contributed by atoms with E-state index in [9.17, 15) is 4.79 Å². The highest BCUT2D eigenvalue weighted by molar-refractivity contribution is 5.86. The molecule has 1 aromatic heterocycles. The minimum atomic E-state index is -1.04. The standard InChI is InChI=1S/C13H19NO3/c1-12(2,3)9-8(11(15)16)17-10(14-9)7-6-13(7,4)5/h7H,6H2,1-5H3,(H,15,16). The number of carboxylic acid groups (broad SMARTS) is 1. The lowest BCUT2D eigenvalue weighted by atomic mass is 9.91. The predicted octanol–water partition coefficient (Wildman–Crippen LogP) is 3.18. The molecule has 0 aromatic carbocycles. The number of aromatic carboxylic acids is 1. The third-order valence-electron chi connectivity index (χ3n) is 3.36. The second kappa shape index (κ2) is 3.34. The number of rotatable bonds is 2. The zero-order valence-electron chi connectivity index (χ0n) is 11.0. The number of carbonyl (C=O) groups is 1. The van der Waals surface area contributed by atoms with Gasteiger partial charge < -0.3 is 9.52 Å². The third-order valence-corrected chi connectivity index (χ3v) is 3.36. The van der Waals surface area contributed by atoms with Gasteiger partial charge in [0.1, 0.15) is 0 Å². The number of oxazole rings is 1. The van der Waals surface area contributed by atoms with Crippen molar-refractivity contribution in [2.75, 3.05) is 0 Å². The number of hydrogen-bond acceptors (Lipinski definition) is 3. The first-order valence-corrected chi connectivity index (χ1v) is 5.87. The van der Waals surface area contributed by atoms with E-state index >= 15 is 0 Å². The summed E-state index contributed by atoms with van der Waals surface area (Å²) < 4.78 is 5.45. The lowest BCUT2D eigenvalue weighted by Gasteiger charge is -2.14. The number of hydrogen-bond donors (Lipinski definition) is 1. The van der Waals surface area contributed by atoms with Gasteiger partial charge in [-0.25, -0.2) is 9.78 Å². The van der Waals surface area contributed by atoms with Crippen molar-refractivity contribution in [1.82, 2.24) is 4.98 Å². The van der Waals surface area contributed by atoms with Crippen molar-refractivity contribution < 1.29 is 14.3 Å². The average Bonchev–Trinajstić information content (AvgIpc) is 2.62. The van der Waals surface area contributed by atoms with Gasteiger partial charge in [0.2, 0.25) is 5.76 Å². The molecule has 1 unspecified atom stereocenters. The molecule has 94 valence electrons. The van der Waals surface area contributed by atoms with E-state index < -0.39 is 5.97 Å². The predicted molar refractivity (Wildman–Crippen MR) is 63.3 cm³/mol. The Labute approximate surface area is 101 Å². The summed E-state index contributed by atoms with van der Waals surface area (Å²) in [5, 5.41) is 9.14. The average molecular weight is 237 g/mol. The van der Waals surface area contributed by atoms with E-state index in [1.807, 2.05) is 20.8 Å². The molecule has 0 spiro atoms. The quantitative estimate of drug-likeness (QED) is 0.858. The highest BCUT2D eigenvalue weighted by Gasteiger charge is 2.50. The van der Waals surface area contributed by atoms with E-state index in [2.05, 4.69) is 18.8 Å². The van der Waals surface area contributed by atoms with Crippen molar-refractivity contribution in [3.05, 3.63) is 17.3 Å². The monoisotopic (exact) mass is 237 g/mol. The zero-order chi connectivity index (χ0) is 13.0. The van der Waals surface area contributed by atoms with Crippen LogP contribution < -0.4 is 0 Å². The van der Waals surface area contributed by atoms with Crippen molar-refractivity contribution in [2.45, 2.75) is 52.4 Å². The van der Waals surface area contributed by atoms with Crippen LogP contribution in [0.25, 0.3) is 0 Å². The van der Waals surface area contributed by atoms with Crippen molar-refractivity contribution in [3.63, 3.8) is 0 Å². The molecule has 0 radical (unpaired) electrons. The van der Waals surface area contributed by atoms with E-state index in [-0.39, 0.29) is 22.5 Å². The molecule has 1 aliphatic carbocycles. The molecule has 1 atom stereocenters. The summed E-state index contributed by atoms with van der Waals surface area (Å²) in [5.74, 6) is -0.198. The van der Waals surface area contributed by atoms with E-state index in [0.29, 0.717) is 11.6 Å². The van der Waals surface area contributed by atoms with Crippen LogP contribution in [0.4, 0.5) is 0 Å². The molecule has 1 N–H and O–H groups in total. The Kier molecular flexibility index (Phi) is 2.39. The van der Waals surface area contributed by atoms with Crippen LogP contribution in [-0.2, 0) is 5.41 Å². The fourth-order valence-electron chi connectivity index (χ4n) is 2.03. The minimum Gasteiger partial charge on any atom is -0.475 e. The van der Waals surface area contributed by atoms with Crippen LogP contribution in [0.2, 0.25) is 0 Å². The first-order chi connectivity index (χ1) is 7.63. The Morgan fingerprint density at radius 2 is 2.00 bits per heavy atom. The van der Waals surface area contributed by atoms with Crippen LogP contribution >= 0.6 is 0 Å². The van der Waals surface area contributed by atoms with Gasteiger partial charge in [-0.1, -0.05) is 34.6 Å². The van der Waals surface area contributed by atoms with Gasteiger partial charge >= 0.3 is 5.97 Å². The first kappa shape index (κ1) is 12.1. The molecule has 1 heterocycles. The topological polar surface area (TPSA) is 63.3 Å². The van der Waals surface area contributed by atoms with Crippen LogP contribution in [-0.4, -0.2) is 16.1 Å². The van der Waals surface area contributed by atoms with Crippen LogP contribution in [0.1, 0.15) is 69.1 Å². The Morgan fingerprint density at radius 1 is 1.47 bits per heavy atom. The maximum atomic E-state index is 11.2. The molecular weight excluding hydrogens is 218 g/mol. The Hall–Kier alpha value is -1.32. The molecule has 1 fully saturated rings. The number of carboxylic acids is 1. The van der Waals surface area contributed by atoms with E-state index in [1.54, 1.807) is 0 Å². The minimum absolute atomic E-state index is 0.00444. The van der Waals surface area contributed by atoms with E-state index in [1.165, 1.54) is 0 Å². The molecule has 0 bridgehead atoms. The molecule has 1 aliphatic rings. The molecule has 0 amide bonds. The molecule has 0 saturated heterocycles. The van der Waals surface area contributed by atoms with Crippen molar-refractivity contribution in [2.24, 2.45) is 5.41 Å². The molecule has 4 nitrogen and oxygen atoms in total. The normalized spacial score (nSPS) is 22.5. The maximum absolute atomic E-state index is 11.2. The van der Waals surface area contributed by atoms with E-state index in [4.69, 9.17) is 9.52 Å². The highest BCUT2D eigenvalue weighted by Crippen LogP contribution is 2.58. The summed E-state index contributed by atoms with van der Waals surface area (Å²) in [4.78, 5) is 15.6. The molecule has 0 aliphatic heterocycles. The number of aromatic nitrogens is 1. The van der Waals surface area contributed by atoms with E-state index in [0.717, 1.165) is 6.42 Å². The highest BCUT2D eigenvalue weighted by atomic mass is 16.4. The van der Waals surface area contributed by atoms with Crippen LogP contribution in [0, 0.1) is 5.41 Å². The summed E-state index contributed by atoms with van der Waals surface area (Å²) in [7, 11) is 0. The largest absolute Gasteiger partial charge is 0.475 e. The summed E-state index contributed by atoms with van der Waals surface area (Å²) >= 11 is 0. The zero-order valence-corrected chi connectivity index (χ0v) is 11.0. The second-order valence-electron chi connectivity index (χ2n) is 6.53. The SMILES string of the molecule is CC(C)(C)c1nc(C2CC2(C)C)oc1C(=O)O. The van der Waals surface area contributed by atoms with Gasteiger partial charge in [-0.2, -0.15) is 0 Å². The van der Waals surface area contributed by atoms with Gasteiger partial charge in [-0.3, -0.25) is 0 Å². The maximum Gasteiger partial charge on any atom is 0.373 e. The van der Waals surface area contributed by atoms with Crippen LogP contribution in [0.3, 0.4) is 0 Å². The van der Waals surface area contributed by atoms with Crippen LogP contribution in [0.15, 0.2) is 4.42 Å². The molecule has 2 rings (SSSR count). The van der Waals surface area contributed by atoms with Gasteiger partial charge in [0.05, 0.1) is 5.69 Å². The summed E-state index contributed by atoms with van der Waals surface area (Å²) in [6, 6.07) is 0. The Balaban J connectivity index is 2.43. The number of nitrogens with zero attached hydrogens (tertiary/aromatic N) is 1. The summed E-state index contributed by atoms with van der Waals surface area (Å²) in [6.07, 6.45) is 1.01. The van der Waals surface area contributed by atoms with Gasteiger partial charge in [-0.15, -0.1) is 0 Å². The molecule has 1 saturated carbocycles. The van der Waals surface area contributed by atoms with Gasteiger partial charge in [0.25, 0.3) is 0 Å². The fourth-order valence-corrected chi connectivity index (χ4v) is 2.03. The summed E-state index contributed by atoms with van der Waals surface area (Å²) in [6.45, 7) is 10.1. The molecule has 4 heteroatoms. The smallest absolute Gasteiger partial charge is 0.373 e. The van der Waals surface area contributed by atoms with Crippen molar-refractivity contribution in [3.8, 4) is 0 Å². The third kappa shape index (κ3) is 2.08. The molecular formula is C13H19NO3. The lowest BCUT2D eigenvalue weighted by molar-refractivity contribution is 0.0656. The van der Waals surface area contributed by atoms with Crippen molar-refractivity contribution in [1.29, 1.82) is 0 Å². The van der Waals surface area contributed by atoms with Crippen LogP contribution in [0.5, 0.6) is 0 Å². The van der Waals surface area contributed by atoms with Gasteiger partial charge in [0.15, 0.2) is 5.89 Å². The lowest BCUT2D eigenvalue weighted by Crippen LogP contribution is -2.16. The van der Waals surface area contributed by atoms with Crippen molar-refractivity contribution >= 4 is 5.97 Å². The molecule has 1 aromatic rings. The second-order valence-corrected chi connectivity index (χ2v) is 6.53. The fraction of sp³-hybridized carbons (Fsp3) is 0.692. The first-order valence-electron chi connectivity index (χ1n) is 5.87. The molecule has 17 heavy (non-hydrogen) atoms. The summed E-state index contributed by atoms with van der Waals surface area (Å²) in [5.41, 5.74) is 0.423. The Morgan fingerprint density at radius 3 is 2.29 bits per heavy atom.